The summed E-state index contributed by atoms with van der Waals surface area (Å²) in [7, 11) is 0. The molecule has 0 bridgehead atoms. The molecule has 5 aromatic rings. The van der Waals surface area contributed by atoms with E-state index in [1.54, 1.807) is 0 Å². The highest BCUT2D eigenvalue weighted by Gasteiger charge is 2.28. The van der Waals surface area contributed by atoms with E-state index in [0.29, 0.717) is 0 Å². The van der Waals surface area contributed by atoms with Crippen LogP contribution in [0.4, 0.5) is 0 Å². The molecule has 112 valence electrons. The fraction of sp³-hybridized carbons (Fsp3) is 0.0435. The molecule has 1 unspecified atom stereocenters. The van der Waals surface area contributed by atoms with Gasteiger partial charge in [0.15, 0.2) is 0 Å². The van der Waals surface area contributed by atoms with Gasteiger partial charge in [-0.3, -0.25) is 0 Å². The average molecular weight is 306 g/mol. The first kappa shape index (κ1) is 12.5. The molecule has 0 spiro atoms. The van der Waals surface area contributed by atoms with Gasteiger partial charge in [-0.05, 0) is 54.7 Å². The third kappa shape index (κ3) is 1.35. The Kier molecular flexibility index (Phi) is 2.16. The second-order valence-corrected chi connectivity index (χ2v) is 6.69. The molecule has 1 nitrogen and oxygen atoms in total. The van der Waals surface area contributed by atoms with E-state index in [9.17, 15) is 5.11 Å². The summed E-state index contributed by atoms with van der Waals surface area (Å²) in [5.74, 6) is 0. The molecular weight excluding hydrogens is 292 g/mol. The van der Waals surface area contributed by atoms with Gasteiger partial charge in [0.2, 0.25) is 0 Å². The molecule has 0 heterocycles. The summed E-state index contributed by atoms with van der Waals surface area (Å²) in [6, 6.07) is 25.6. The van der Waals surface area contributed by atoms with Crippen molar-refractivity contribution in [3.05, 3.63) is 83.9 Å². The molecule has 1 N–H and O–H groups in total. The minimum atomic E-state index is -0.553. The molecule has 0 radical (unpaired) electrons. The Morgan fingerprint density at radius 1 is 0.583 bits per heavy atom. The Morgan fingerprint density at radius 2 is 1.29 bits per heavy atom. The molecule has 1 aliphatic carbocycles. The second kappa shape index (κ2) is 4.14. The quantitative estimate of drug-likeness (QED) is 0.288. The summed E-state index contributed by atoms with van der Waals surface area (Å²) in [6.07, 6.45) is -0.553. The van der Waals surface area contributed by atoms with Crippen LogP contribution in [0.25, 0.3) is 43.1 Å². The van der Waals surface area contributed by atoms with Crippen molar-refractivity contribution in [2.75, 3.05) is 0 Å². The van der Waals surface area contributed by atoms with Crippen LogP contribution < -0.4 is 0 Å². The van der Waals surface area contributed by atoms with Crippen molar-refractivity contribution >= 4 is 43.1 Å². The first-order valence-corrected chi connectivity index (χ1v) is 8.31. The van der Waals surface area contributed by atoms with Crippen LogP contribution in [0.3, 0.4) is 0 Å². The number of aliphatic hydroxyl groups excluding tert-OH is 1. The Bertz CT molecular complexity index is 1290. The van der Waals surface area contributed by atoms with Gasteiger partial charge >= 0.3 is 0 Å². The van der Waals surface area contributed by atoms with Gasteiger partial charge in [0.25, 0.3) is 0 Å². The maximum atomic E-state index is 11.1. The zero-order valence-corrected chi connectivity index (χ0v) is 13.0. The number of benzene rings is 5. The molecule has 0 fully saturated rings. The highest BCUT2D eigenvalue weighted by Crippen LogP contribution is 2.48. The van der Waals surface area contributed by atoms with Gasteiger partial charge < -0.3 is 5.11 Å². The molecule has 0 aliphatic heterocycles. The molecule has 1 aliphatic rings. The maximum absolute atomic E-state index is 11.1. The topological polar surface area (TPSA) is 20.2 Å². The number of aliphatic hydroxyl groups is 1. The van der Waals surface area contributed by atoms with E-state index in [1.807, 2.05) is 6.07 Å². The first-order valence-electron chi connectivity index (χ1n) is 8.31. The Morgan fingerprint density at radius 3 is 2.21 bits per heavy atom. The van der Waals surface area contributed by atoms with Gasteiger partial charge in [0.05, 0.1) is 0 Å². The minimum Gasteiger partial charge on any atom is -0.384 e. The zero-order chi connectivity index (χ0) is 15.8. The number of hydrogen-bond acceptors (Lipinski definition) is 1. The fourth-order valence-electron chi connectivity index (χ4n) is 4.49. The van der Waals surface area contributed by atoms with E-state index in [0.717, 1.165) is 11.1 Å². The molecule has 0 saturated carbocycles. The summed E-state index contributed by atoms with van der Waals surface area (Å²) in [5, 5.41) is 20.8. The third-order valence-electron chi connectivity index (χ3n) is 5.49. The third-order valence-corrected chi connectivity index (χ3v) is 5.49. The van der Waals surface area contributed by atoms with Gasteiger partial charge in [-0.25, -0.2) is 0 Å². The smallest absolute Gasteiger partial charge is 0.106 e. The van der Waals surface area contributed by atoms with Crippen LogP contribution in [0, 0.1) is 0 Å². The van der Waals surface area contributed by atoms with E-state index in [-0.39, 0.29) is 0 Å². The molecule has 1 heteroatoms. The lowest BCUT2D eigenvalue weighted by molar-refractivity contribution is 0.227. The van der Waals surface area contributed by atoms with Crippen molar-refractivity contribution in [3.63, 3.8) is 0 Å². The summed E-state index contributed by atoms with van der Waals surface area (Å²) in [6.45, 7) is 0. The molecule has 1 atom stereocenters. The van der Waals surface area contributed by atoms with Crippen molar-refractivity contribution in [1.29, 1.82) is 0 Å². The minimum absolute atomic E-state index is 0.553. The summed E-state index contributed by atoms with van der Waals surface area (Å²) in [4.78, 5) is 0. The monoisotopic (exact) mass is 306 g/mol. The fourth-order valence-corrected chi connectivity index (χ4v) is 4.49. The summed E-state index contributed by atoms with van der Waals surface area (Å²) >= 11 is 0. The highest BCUT2D eigenvalue weighted by atomic mass is 16.3. The van der Waals surface area contributed by atoms with E-state index < -0.39 is 6.10 Å². The van der Waals surface area contributed by atoms with Crippen molar-refractivity contribution in [1.82, 2.24) is 0 Å². The SMILES string of the molecule is OC1c2cccc3ccc4cc5ccc6ccccc6c5c1c4c23. The number of hydrogen-bond donors (Lipinski definition) is 1. The van der Waals surface area contributed by atoms with E-state index in [4.69, 9.17) is 0 Å². The molecule has 6 rings (SSSR count). The van der Waals surface area contributed by atoms with Gasteiger partial charge in [-0.1, -0.05) is 66.7 Å². The van der Waals surface area contributed by atoms with Gasteiger partial charge in [0, 0.05) is 5.56 Å². The van der Waals surface area contributed by atoms with E-state index in [1.165, 1.54) is 43.1 Å². The van der Waals surface area contributed by atoms with Crippen LogP contribution in [-0.4, -0.2) is 5.11 Å². The lowest BCUT2D eigenvalue weighted by Gasteiger charge is -2.13. The van der Waals surface area contributed by atoms with Crippen molar-refractivity contribution < 1.29 is 5.11 Å². The van der Waals surface area contributed by atoms with Crippen LogP contribution in [0.15, 0.2) is 72.8 Å². The first-order chi connectivity index (χ1) is 11.8. The van der Waals surface area contributed by atoms with Crippen LogP contribution >= 0.6 is 0 Å². The average Bonchev–Trinajstić information content (AvgIpc) is 2.94. The number of rotatable bonds is 0. The summed E-state index contributed by atoms with van der Waals surface area (Å²) < 4.78 is 0. The van der Waals surface area contributed by atoms with E-state index >= 15 is 0 Å². The predicted molar refractivity (Wildman–Crippen MR) is 101 cm³/mol. The Hall–Kier alpha value is -2.90. The predicted octanol–water partition coefficient (Wildman–Crippen LogP) is 5.69. The van der Waals surface area contributed by atoms with Crippen LogP contribution in [-0.2, 0) is 0 Å². The second-order valence-electron chi connectivity index (χ2n) is 6.69. The highest BCUT2D eigenvalue weighted by molar-refractivity contribution is 6.23. The number of fused-ring (bicyclic) bond motifs is 4. The maximum Gasteiger partial charge on any atom is 0.106 e. The molecule has 0 amide bonds. The van der Waals surface area contributed by atoms with Crippen molar-refractivity contribution in [2.45, 2.75) is 6.10 Å². The van der Waals surface area contributed by atoms with Gasteiger partial charge in [-0.2, -0.15) is 0 Å². The zero-order valence-electron chi connectivity index (χ0n) is 13.0. The lowest BCUT2D eigenvalue weighted by atomic mass is 9.92. The van der Waals surface area contributed by atoms with Gasteiger partial charge in [-0.15, -0.1) is 0 Å². The van der Waals surface area contributed by atoms with Crippen LogP contribution in [0.1, 0.15) is 17.2 Å². The Balaban J connectivity index is 1.98. The largest absolute Gasteiger partial charge is 0.384 e. The standard InChI is InChI=1S/C23H14O/c24-23-18-7-3-5-14-9-11-16-12-15-10-8-13-4-1-2-6-17(13)20(15)22(23)21(16)19(14)18/h1-12,23-24H. The Labute approximate surface area is 138 Å². The molecule has 24 heavy (non-hydrogen) atoms. The molecule has 0 aromatic heterocycles. The van der Waals surface area contributed by atoms with E-state index in [2.05, 4.69) is 66.7 Å². The molecular formula is C23H14O. The normalized spacial score (nSPS) is 16.1. The molecule has 0 saturated heterocycles. The molecule has 5 aromatic carbocycles. The lowest BCUT2D eigenvalue weighted by Crippen LogP contribution is -1.96. The summed E-state index contributed by atoms with van der Waals surface area (Å²) in [5.41, 5.74) is 2.11. The van der Waals surface area contributed by atoms with Crippen LogP contribution in [0.5, 0.6) is 0 Å². The van der Waals surface area contributed by atoms with Crippen molar-refractivity contribution in [2.24, 2.45) is 0 Å². The van der Waals surface area contributed by atoms with Crippen LogP contribution in [0.2, 0.25) is 0 Å². The van der Waals surface area contributed by atoms with Crippen molar-refractivity contribution in [3.8, 4) is 0 Å². The van der Waals surface area contributed by atoms with Gasteiger partial charge in [0.1, 0.15) is 6.10 Å².